The van der Waals surface area contributed by atoms with Gasteiger partial charge in [-0.15, -0.1) is 0 Å². The van der Waals surface area contributed by atoms with Crippen LogP contribution in [-0.2, 0) is 19.2 Å². The minimum Gasteiger partial charge on any atom is -0.356 e. The standard InChI is InChI=1S/C28H39N5O5/c1-16(2)12-22(26(36)30-20(15-34)13-19-9-7-11-29-25(19)35)32-28(38)24(17(3)4)33-27(37)23-14-18-8-5-6-10-21(18)31-23/h5-6,8,10,14-17,19-20,22,24,31H,7,9,11-13H2,1-4H3,(H,29,35)(H,30,36)(H,32,38)(H,33,37)/t19-,20-,22-,24-/m0/s1. The predicted molar refractivity (Wildman–Crippen MR) is 144 cm³/mol. The lowest BCUT2D eigenvalue weighted by molar-refractivity contribution is -0.132. The summed E-state index contributed by atoms with van der Waals surface area (Å²) in [6, 6.07) is 6.58. The first kappa shape index (κ1) is 28.9. The summed E-state index contributed by atoms with van der Waals surface area (Å²) in [6.07, 6.45) is 2.66. The van der Waals surface area contributed by atoms with E-state index in [-0.39, 0.29) is 30.1 Å². The Morgan fingerprint density at radius 3 is 2.42 bits per heavy atom. The molecule has 4 atom stereocenters. The number of fused-ring (bicyclic) bond motifs is 1. The Hall–Kier alpha value is -3.69. The number of amides is 4. The van der Waals surface area contributed by atoms with E-state index in [4.69, 9.17) is 0 Å². The van der Waals surface area contributed by atoms with Gasteiger partial charge in [-0.2, -0.15) is 0 Å². The Morgan fingerprint density at radius 1 is 1.05 bits per heavy atom. The van der Waals surface area contributed by atoms with E-state index in [1.165, 1.54) is 0 Å². The van der Waals surface area contributed by atoms with Crippen LogP contribution >= 0.6 is 0 Å². The van der Waals surface area contributed by atoms with Crippen LogP contribution in [0.4, 0.5) is 0 Å². The summed E-state index contributed by atoms with van der Waals surface area (Å²) in [5.74, 6) is -2.05. The lowest BCUT2D eigenvalue weighted by Gasteiger charge is -2.28. The maximum Gasteiger partial charge on any atom is 0.268 e. The fourth-order valence-corrected chi connectivity index (χ4v) is 4.71. The molecule has 38 heavy (non-hydrogen) atoms. The van der Waals surface area contributed by atoms with Crippen molar-refractivity contribution in [1.82, 2.24) is 26.3 Å². The summed E-state index contributed by atoms with van der Waals surface area (Å²) >= 11 is 0. The maximum atomic E-state index is 13.3. The quantitative estimate of drug-likeness (QED) is 0.269. The van der Waals surface area contributed by atoms with Gasteiger partial charge in [0, 0.05) is 23.4 Å². The minimum atomic E-state index is -0.906. The average Bonchev–Trinajstić information content (AvgIpc) is 3.31. The molecular formula is C28H39N5O5. The molecule has 0 spiro atoms. The highest BCUT2D eigenvalue weighted by molar-refractivity contribution is 6.00. The number of H-pyrrole nitrogens is 1. The fraction of sp³-hybridized carbons (Fsp3) is 0.536. The predicted octanol–water partition coefficient (Wildman–Crippen LogP) is 2.05. The molecule has 0 unspecified atom stereocenters. The van der Waals surface area contributed by atoms with Crippen molar-refractivity contribution >= 4 is 40.8 Å². The number of aromatic amines is 1. The fourth-order valence-electron chi connectivity index (χ4n) is 4.71. The zero-order valence-corrected chi connectivity index (χ0v) is 22.5. The molecule has 10 heteroatoms. The second kappa shape index (κ2) is 13.2. The minimum absolute atomic E-state index is 0.0725. The van der Waals surface area contributed by atoms with E-state index < -0.39 is 35.8 Å². The van der Waals surface area contributed by atoms with Crippen molar-refractivity contribution in [2.24, 2.45) is 17.8 Å². The Kier molecular flexibility index (Phi) is 10.0. The van der Waals surface area contributed by atoms with E-state index in [9.17, 15) is 24.0 Å². The van der Waals surface area contributed by atoms with E-state index in [0.29, 0.717) is 31.4 Å². The highest BCUT2D eigenvalue weighted by Gasteiger charge is 2.32. The van der Waals surface area contributed by atoms with Gasteiger partial charge in [-0.1, -0.05) is 45.9 Å². The van der Waals surface area contributed by atoms with Crippen molar-refractivity contribution < 1.29 is 24.0 Å². The van der Waals surface area contributed by atoms with Crippen LogP contribution in [0, 0.1) is 17.8 Å². The molecule has 5 N–H and O–H groups in total. The van der Waals surface area contributed by atoms with Gasteiger partial charge in [0.15, 0.2) is 0 Å². The summed E-state index contributed by atoms with van der Waals surface area (Å²) < 4.78 is 0. The van der Waals surface area contributed by atoms with Crippen molar-refractivity contribution in [3.63, 3.8) is 0 Å². The third-order valence-electron chi connectivity index (χ3n) is 6.78. The number of rotatable bonds is 12. The largest absolute Gasteiger partial charge is 0.356 e. The molecule has 1 aromatic heterocycles. The zero-order chi connectivity index (χ0) is 27.8. The number of hydrogen-bond acceptors (Lipinski definition) is 5. The van der Waals surface area contributed by atoms with Crippen molar-refractivity contribution in [2.75, 3.05) is 6.54 Å². The summed E-state index contributed by atoms with van der Waals surface area (Å²) in [5, 5.41) is 11.9. The SMILES string of the molecule is CC(C)C[C@H](NC(=O)[C@@H](NC(=O)c1cc2ccccc2[nH]1)C(C)C)C(=O)N[C@H](C=O)C[C@@H]1CCCNC1=O. The van der Waals surface area contributed by atoms with Crippen molar-refractivity contribution in [1.29, 1.82) is 0 Å². The Bertz CT molecular complexity index is 1120. The third kappa shape index (κ3) is 7.66. The Balaban J connectivity index is 1.67. The first-order valence-corrected chi connectivity index (χ1v) is 13.3. The molecule has 10 nitrogen and oxygen atoms in total. The number of para-hydroxylation sites is 1. The lowest BCUT2D eigenvalue weighted by atomic mass is 9.91. The molecule has 0 radical (unpaired) electrons. The van der Waals surface area contributed by atoms with Crippen LogP contribution in [0.5, 0.6) is 0 Å². The van der Waals surface area contributed by atoms with E-state index in [1.807, 2.05) is 52.0 Å². The molecule has 206 valence electrons. The molecule has 0 bridgehead atoms. The molecule has 2 aromatic rings. The number of aldehydes is 1. The molecule has 1 aromatic carbocycles. The van der Waals surface area contributed by atoms with Crippen molar-refractivity contribution in [2.45, 2.75) is 71.5 Å². The van der Waals surface area contributed by atoms with E-state index >= 15 is 0 Å². The molecular weight excluding hydrogens is 486 g/mol. The molecule has 1 aliphatic rings. The summed E-state index contributed by atoms with van der Waals surface area (Å²) in [5.41, 5.74) is 1.15. The average molecular weight is 526 g/mol. The molecule has 3 rings (SSSR count). The summed E-state index contributed by atoms with van der Waals surface area (Å²) in [4.78, 5) is 66.3. The van der Waals surface area contributed by atoms with E-state index in [0.717, 1.165) is 17.3 Å². The first-order chi connectivity index (χ1) is 18.1. The normalized spacial score (nSPS) is 17.9. The maximum absolute atomic E-state index is 13.3. The van der Waals surface area contributed by atoms with Crippen LogP contribution in [0.25, 0.3) is 10.9 Å². The van der Waals surface area contributed by atoms with Crippen LogP contribution in [0.2, 0.25) is 0 Å². The number of carbonyl (C=O) groups excluding carboxylic acids is 5. The molecule has 0 aliphatic carbocycles. The Morgan fingerprint density at radius 2 is 1.79 bits per heavy atom. The van der Waals surface area contributed by atoms with Gasteiger partial charge in [0.1, 0.15) is 24.1 Å². The van der Waals surface area contributed by atoms with E-state index in [2.05, 4.69) is 26.3 Å². The number of carbonyl (C=O) groups is 5. The van der Waals surface area contributed by atoms with Crippen molar-refractivity contribution in [3.05, 3.63) is 36.0 Å². The number of benzene rings is 1. The van der Waals surface area contributed by atoms with Gasteiger partial charge in [-0.05, 0) is 49.7 Å². The highest BCUT2D eigenvalue weighted by atomic mass is 16.2. The van der Waals surface area contributed by atoms with Gasteiger partial charge in [-0.3, -0.25) is 19.2 Å². The third-order valence-corrected chi connectivity index (χ3v) is 6.78. The highest BCUT2D eigenvalue weighted by Crippen LogP contribution is 2.18. The van der Waals surface area contributed by atoms with Crippen LogP contribution < -0.4 is 21.3 Å². The molecule has 4 amide bonds. The van der Waals surface area contributed by atoms with Crippen LogP contribution in [0.3, 0.4) is 0 Å². The van der Waals surface area contributed by atoms with Crippen LogP contribution in [0.15, 0.2) is 30.3 Å². The van der Waals surface area contributed by atoms with Gasteiger partial charge in [-0.25, -0.2) is 0 Å². The smallest absolute Gasteiger partial charge is 0.268 e. The molecule has 1 saturated heterocycles. The number of nitrogens with one attached hydrogen (secondary N) is 5. The molecule has 2 heterocycles. The molecule has 1 aliphatic heterocycles. The van der Waals surface area contributed by atoms with Gasteiger partial charge in [0.2, 0.25) is 17.7 Å². The number of piperidine rings is 1. The van der Waals surface area contributed by atoms with Crippen molar-refractivity contribution in [3.8, 4) is 0 Å². The van der Waals surface area contributed by atoms with E-state index in [1.54, 1.807) is 6.07 Å². The summed E-state index contributed by atoms with van der Waals surface area (Å²) in [6.45, 7) is 8.08. The Labute approximate surface area is 223 Å². The molecule has 1 fully saturated rings. The second-order valence-corrected chi connectivity index (χ2v) is 10.8. The topological polar surface area (TPSA) is 149 Å². The summed E-state index contributed by atoms with van der Waals surface area (Å²) in [7, 11) is 0. The zero-order valence-electron chi connectivity index (χ0n) is 22.5. The van der Waals surface area contributed by atoms with Gasteiger partial charge in [0.05, 0.1) is 6.04 Å². The van der Waals surface area contributed by atoms with Crippen LogP contribution in [0.1, 0.15) is 63.9 Å². The molecule has 0 saturated carbocycles. The second-order valence-electron chi connectivity index (χ2n) is 10.8. The van der Waals surface area contributed by atoms with Gasteiger partial charge >= 0.3 is 0 Å². The van der Waals surface area contributed by atoms with Gasteiger partial charge in [0.25, 0.3) is 5.91 Å². The van der Waals surface area contributed by atoms with Gasteiger partial charge < -0.3 is 31.0 Å². The van der Waals surface area contributed by atoms with Crippen LogP contribution in [-0.4, -0.2) is 59.6 Å². The number of hydrogen-bond donors (Lipinski definition) is 5. The first-order valence-electron chi connectivity index (χ1n) is 13.3. The number of aromatic nitrogens is 1. The monoisotopic (exact) mass is 525 g/mol. The lowest BCUT2D eigenvalue weighted by Crippen LogP contribution is -2.57.